The minimum Gasteiger partial charge on any atom is -0.505 e. The molecule has 0 aliphatic heterocycles. The number of hydrogen-bond donors (Lipinski definition) is 2. The van der Waals surface area contributed by atoms with Crippen molar-refractivity contribution in [3.63, 3.8) is 0 Å². The first-order valence-corrected chi connectivity index (χ1v) is 6.03. The molecule has 2 nitrogen and oxygen atoms in total. The number of para-hydroxylation sites is 1. The third-order valence-electron chi connectivity index (χ3n) is 3.04. The molecule has 2 rings (SSSR count). The summed E-state index contributed by atoms with van der Waals surface area (Å²) in [5.41, 5.74) is 1.42. The minimum absolute atomic E-state index is 0.0248. The molecule has 0 saturated carbocycles. The maximum Gasteiger partial charge on any atom is 0.165 e. The van der Waals surface area contributed by atoms with E-state index in [9.17, 15) is 13.9 Å². The standard InChI is InChI=1S/C15H15F2NO/c1-10(11-5-7-13(16)8-6-11)18-9-12-3-2-4-14(17)15(12)19/h2-8,10,18-19H,9H2,1H3/t10-/m1/s1. The predicted octanol–water partition coefficient (Wildman–Crippen LogP) is 3.52. The third kappa shape index (κ3) is 3.29. The van der Waals surface area contributed by atoms with Crippen LogP contribution >= 0.6 is 0 Å². The molecule has 0 heterocycles. The Hall–Kier alpha value is -1.94. The first kappa shape index (κ1) is 13.5. The first-order valence-electron chi connectivity index (χ1n) is 6.03. The normalized spacial score (nSPS) is 12.4. The summed E-state index contributed by atoms with van der Waals surface area (Å²) in [6.07, 6.45) is 0. The van der Waals surface area contributed by atoms with Gasteiger partial charge in [-0.2, -0.15) is 0 Å². The average molecular weight is 263 g/mol. The maximum absolute atomic E-state index is 13.2. The molecule has 0 saturated heterocycles. The molecule has 0 fully saturated rings. The number of rotatable bonds is 4. The third-order valence-corrected chi connectivity index (χ3v) is 3.04. The SMILES string of the molecule is C[C@@H](NCc1cccc(F)c1O)c1ccc(F)cc1. The van der Waals surface area contributed by atoms with E-state index >= 15 is 0 Å². The maximum atomic E-state index is 13.2. The van der Waals surface area contributed by atoms with E-state index in [0.29, 0.717) is 12.1 Å². The average Bonchev–Trinajstić information content (AvgIpc) is 2.41. The van der Waals surface area contributed by atoms with Gasteiger partial charge in [-0.3, -0.25) is 0 Å². The van der Waals surface area contributed by atoms with E-state index in [0.717, 1.165) is 5.56 Å². The second kappa shape index (κ2) is 5.80. The van der Waals surface area contributed by atoms with Gasteiger partial charge in [0, 0.05) is 18.2 Å². The summed E-state index contributed by atoms with van der Waals surface area (Å²) in [4.78, 5) is 0. The summed E-state index contributed by atoms with van der Waals surface area (Å²) in [6.45, 7) is 2.26. The highest BCUT2D eigenvalue weighted by Gasteiger charge is 2.09. The van der Waals surface area contributed by atoms with Gasteiger partial charge in [0.15, 0.2) is 11.6 Å². The van der Waals surface area contributed by atoms with Crippen LogP contribution in [0, 0.1) is 11.6 Å². The van der Waals surface area contributed by atoms with Gasteiger partial charge in [0.1, 0.15) is 5.82 Å². The summed E-state index contributed by atoms with van der Waals surface area (Å²) in [5, 5.41) is 12.7. The van der Waals surface area contributed by atoms with Gasteiger partial charge in [-0.05, 0) is 30.7 Å². The minimum atomic E-state index is -0.631. The Balaban J connectivity index is 2.02. The molecule has 0 aliphatic rings. The van der Waals surface area contributed by atoms with Gasteiger partial charge < -0.3 is 10.4 Å². The Labute approximate surface area is 110 Å². The van der Waals surface area contributed by atoms with Gasteiger partial charge in [0.05, 0.1) is 0 Å². The van der Waals surface area contributed by atoms with Crippen LogP contribution in [-0.2, 0) is 6.54 Å². The Kier molecular flexibility index (Phi) is 4.12. The molecule has 100 valence electrons. The Bertz CT molecular complexity index is 555. The zero-order valence-electron chi connectivity index (χ0n) is 10.5. The molecule has 0 spiro atoms. The lowest BCUT2D eigenvalue weighted by atomic mass is 10.1. The van der Waals surface area contributed by atoms with Crippen LogP contribution in [0.3, 0.4) is 0 Å². The molecule has 4 heteroatoms. The quantitative estimate of drug-likeness (QED) is 0.884. The molecule has 0 amide bonds. The number of benzene rings is 2. The number of phenolic OH excluding ortho intramolecular Hbond substituents is 1. The van der Waals surface area contributed by atoms with Crippen LogP contribution in [0.25, 0.3) is 0 Å². The van der Waals surface area contributed by atoms with Crippen LogP contribution in [0.15, 0.2) is 42.5 Å². The molecular weight excluding hydrogens is 248 g/mol. The molecule has 1 atom stereocenters. The van der Waals surface area contributed by atoms with Crippen LogP contribution in [0.2, 0.25) is 0 Å². The lowest BCUT2D eigenvalue weighted by Crippen LogP contribution is -2.18. The van der Waals surface area contributed by atoms with Crippen molar-refractivity contribution in [1.82, 2.24) is 5.32 Å². The van der Waals surface area contributed by atoms with Gasteiger partial charge in [-0.1, -0.05) is 24.3 Å². The molecule has 2 N–H and O–H groups in total. The number of phenols is 1. The zero-order chi connectivity index (χ0) is 13.8. The number of aromatic hydroxyl groups is 1. The molecule has 0 radical (unpaired) electrons. The van der Waals surface area contributed by atoms with Gasteiger partial charge in [-0.15, -0.1) is 0 Å². The van der Waals surface area contributed by atoms with E-state index in [2.05, 4.69) is 5.32 Å². The largest absolute Gasteiger partial charge is 0.505 e. The fourth-order valence-electron chi connectivity index (χ4n) is 1.84. The topological polar surface area (TPSA) is 32.3 Å². The van der Waals surface area contributed by atoms with Crippen LogP contribution in [0.5, 0.6) is 5.75 Å². The molecular formula is C15H15F2NO. The summed E-state index contributed by atoms with van der Waals surface area (Å²) in [5.74, 6) is -1.24. The fourth-order valence-corrected chi connectivity index (χ4v) is 1.84. The number of halogens is 2. The van der Waals surface area contributed by atoms with Crippen molar-refractivity contribution < 1.29 is 13.9 Å². The highest BCUT2D eigenvalue weighted by Crippen LogP contribution is 2.21. The molecule has 2 aromatic carbocycles. The monoisotopic (exact) mass is 263 g/mol. The second-order valence-corrected chi connectivity index (χ2v) is 4.40. The van der Waals surface area contributed by atoms with E-state index in [1.807, 2.05) is 6.92 Å². The van der Waals surface area contributed by atoms with E-state index in [4.69, 9.17) is 0 Å². The van der Waals surface area contributed by atoms with Gasteiger partial charge in [0.2, 0.25) is 0 Å². The summed E-state index contributed by atoms with van der Waals surface area (Å²) in [6, 6.07) is 10.6. The molecule has 19 heavy (non-hydrogen) atoms. The zero-order valence-corrected chi connectivity index (χ0v) is 10.5. The number of hydrogen-bond acceptors (Lipinski definition) is 2. The van der Waals surface area contributed by atoms with E-state index in [1.54, 1.807) is 24.3 Å². The molecule has 2 aromatic rings. The Morgan fingerprint density at radius 1 is 1.11 bits per heavy atom. The van der Waals surface area contributed by atoms with E-state index in [1.165, 1.54) is 18.2 Å². The lowest BCUT2D eigenvalue weighted by molar-refractivity contribution is 0.421. The van der Waals surface area contributed by atoms with Crippen molar-refractivity contribution in [2.24, 2.45) is 0 Å². The second-order valence-electron chi connectivity index (χ2n) is 4.40. The van der Waals surface area contributed by atoms with Crippen molar-refractivity contribution in [3.05, 3.63) is 65.2 Å². The van der Waals surface area contributed by atoms with Gasteiger partial charge in [0.25, 0.3) is 0 Å². The summed E-state index contributed by atoms with van der Waals surface area (Å²) >= 11 is 0. The highest BCUT2D eigenvalue weighted by molar-refractivity contribution is 5.33. The summed E-state index contributed by atoms with van der Waals surface area (Å²) in [7, 11) is 0. The van der Waals surface area contributed by atoms with Crippen LogP contribution in [-0.4, -0.2) is 5.11 Å². The van der Waals surface area contributed by atoms with Crippen LogP contribution < -0.4 is 5.32 Å². The molecule has 0 unspecified atom stereocenters. The van der Waals surface area contributed by atoms with Gasteiger partial charge >= 0.3 is 0 Å². The molecule has 0 aromatic heterocycles. The highest BCUT2D eigenvalue weighted by atomic mass is 19.1. The Morgan fingerprint density at radius 2 is 1.79 bits per heavy atom. The Morgan fingerprint density at radius 3 is 2.47 bits per heavy atom. The molecule has 0 aliphatic carbocycles. The fraction of sp³-hybridized carbons (Fsp3) is 0.200. The number of nitrogens with one attached hydrogen (secondary N) is 1. The van der Waals surface area contributed by atoms with Crippen molar-refractivity contribution in [2.45, 2.75) is 19.5 Å². The van der Waals surface area contributed by atoms with E-state index < -0.39 is 5.82 Å². The van der Waals surface area contributed by atoms with Crippen molar-refractivity contribution in [1.29, 1.82) is 0 Å². The van der Waals surface area contributed by atoms with Gasteiger partial charge in [-0.25, -0.2) is 8.78 Å². The molecule has 0 bridgehead atoms. The van der Waals surface area contributed by atoms with Crippen molar-refractivity contribution in [2.75, 3.05) is 0 Å². The van der Waals surface area contributed by atoms with Crippen LogP contribution in [0.4, 0.5) is 8.78 Å². The summed E-state index contributed by atoms with van der Waals surface area (Å²) < 4.78 is 26.0. The van der Waals surface area contributed by atoms with Crippen molar-refractivity contribution in [3.8, 4) is 5.75 Å². The van der Waals surface area contributed by atoms with Crippen molar-refractivity contribution >= 4 is 0 Å². The predicted molar refractivity (Wildman–Crippen MR) is 69.7 cm³/mol. The van der Waals surface area contributed by atoms with E-state index in [-0.39, 0.29) is 17.6 Å². The lowest BCUT2D eigenvalue weighted by Gasteiger charge is -2.15. The van der Waals surface area contributed by atoms with Crippen LogP contribution in [0.1, 0.15) is 24.1 Å². The smallest absolute Gasteiger partial charge is 0.165 e. The first-order chi connectivity index (χ1) is 9.08.